The highest BCUT2D eigenvalue weighted by Crippen LogP contribution is 2.08. The summed E-state index contributed by atoms with van der Waals surface area (Å²) < 4.78 is 1.90. The first-order chi connectivity index (χ1) is 10.2. The molecule has 1 saturated heterocycles. The molecule has 0 radical (unpaired) electrons. The molecule has 3 rings (SSSR count). The largest absolute Gasteiger partial charge is 0.354 e. The molecule has 0 aliphatic carbocycles. The van der Waals surface area contributed by atoms with Gasteiger partial charge in [0.2, 0.25) is 11.8 Å². The van der Waals surface area contributed by atoms with Gasteiger partial charge in [0.15, 0.2) is 5.65 Å². The number of amides is 2. The number of rotatable bonds is 5. The van der Waals surface area contributed by atoms with Gasteiger partial charge in [-0.25, -0.2) is 0 Å². The standard InChI is InChI=1S/C14H17N5O2/c20-13(10-18-8-3-5-14(18)21)15-7-6-12-17-16-11-4-1-2-9-19(11)12/h1-2,4,9H,3,5-8,10H2,(H,15,20). The van der Waals surface area contributed by atoms with Crippen molar-refractivity contribution in [2.75, 3.05) is 19.6 Å². The molecule has 3 heterocycles. The van der Waals surface area contributed by atoms with Gasteiger partial charge in [-0.2, -0.15) is 0 Å². The lowest BCUT2D eigenvalue weighted by Gasteiger charge is -2.14. The second-order valence-corrected chi connectivity index (χ2v) is 5.06. The van der Waals surface area contributed by atoms with Gasteiger partial charge in [0.05, 0.1) is 6.54 Å². The van der Waals surface area contributed by atoms with E-state index in [-0.39, 0.29) is 18.4 Å². The minimum atomic E-state index is -0.126. The van der Waals surface area contributed by atoms with Crippen LogP contribution in [0.3, 0.4) is 0 Å². The van der Waals surface area contributed by atoms with Crippen molar-refractivity contribution in [3.63, 3.8) is 0 Å². The summed E-state index contributed by atoms with van der Waals surface area (Å²) in [7, 11) is 0. The van der Waals surface area contributed by atoms with Gasteiger partial charge in [0.25, 0.3) is 0 Å². The van der Waals surface area contributed by atoms with Crippen molar-refractivity contribution >= 4 is 17.5 Å². The highest BCUT2D eigenvalue weighted by atomic mass is 16.2. The maximum atomic E-state index is 11.8. The summed E-state index contributed by atoms with van der Waals surface area (Å²) >= 11 is 0. The lowest BCUT2D eigenvalue weighted by molar-refractivity contribution is -0.133. The van der Waals surface area contributed by atoms with E-state index in [9.17, 15) is 9.59 Å². The Kier molecular flexibility index (Phi) is 3.81. The lowest BCUT2D eigenvalue weighted by Crippen LogP contribution is -2.38. The lowest BCUT2D eigenvalue weighted by atomic mass is 10.3. The molecule has 2 aromatic rings. The maximum absolute atomic E-state index is 11.8. The third-order valence-electron chi connectivity index (χ3n) is 3.56. The number of nitrogens with zero attached hydrogens (tertiary/aromatic N) is 4. The zero-order valence-electron chi connectivity index (χ0n) is 11.7. The Hall–Kier alpha value is -2.44. The van der Waals surface area contributed by atoms with Crippen molar-refractivity contribution in [1.82, 2.24) is 24.8 Å². The molecule has 1 N–H and O–H groups in total. The van der Waals surface area contributed by atoms with Crippen LogP contribution < -0.4 is 5.32 Å². The Morgan fingerprint density at radius 1 is 1.33 bits per heavy atom. The Balaban J connectivity index is 1.49. The van der Waals surface area contributed by atoms with Gasteiger partial charge in [0.1, 0.15) is 5.82 Å². The van der Waals surface area contributed by atoms with E-state index in [0.717, 1.165) is 17.9 Å². The highest BCUT2D eigenvalue weighted by molar-refractivity contribution is 5.85. The molecule has 1 fully saturated rings. The first-order valence-corrected chi connectivity index (χ1v) is 7.07. The van der Waals surface area contributed by atoms with E-state index < -0.39 is 0 Å². The van der Waals surface area contributed by atoms with Crippen LogP contribution in [0.4, 0.5) is 0 Å². The van der Waals surface area contributed by atoms with Crippen molar-refractivity contribution < 1.29 is 9.59 Å². The quantitative estimate of drug-likeness (QED) is 0.840. The predicted molar refractivity (Wildman–Crippen MR) is 75.5 cm³/mol. The molecule has 110 valence electrons. The Morgan fingerprint density at radius 2 is 2.24 bits per heavy atom. The van der Waals surface area contributed by atoms with Gasteiger partial charge in [-0.05, 0) is 18.6 Å². The normalized spacial score (nSPS) is 14.9. The molecular formula is C14H17N5O2. The van der Waals surface area contributed by atoms with Crippen molar-refractivity contribution in [2.24, 2.45) is 0 Å². The first kappa shape index (κ1) is 13.5. The topological polar surface area (TPSA) is 79.6 Å². The molecule has 0 aromatic carbocycles. The van der Waals surface area contributed by atoms with E-state index >= 15 is 0 Å². The number of nitrogens with one attached hydrogen (secondary N) is 1. The molecule has 0 bridgehead atoms. The van der Waals surface area contributed by atoms with Crippen LogP contribution in [0.15, 0.2) is 24.4 Å². The summed E-state index contributed by atoms with van der Waals surface area (Å²) in [6.45, 7) is 1.32. The number of carbonyl (C=O) groups excluding carboxylic acids is 2. The van der Waals surface area contributed by atoms with E-state index in [2.05, 4.69) is 15.5 Å². The van der Waals surface area contributed by atoms with E-state index in [1.165, 1.54) is 0 Å². The van der Waals surface area contributed by atoms with E-state index in [1.807, 2.05) is 28.8 Å². The van der Waals surface area contributed by atoms with Crippen LogP contribution in [0.2, 0.25) is 0 Å². The zero-order chi connectivity index (χ0) is 14.7. The summed E-state index contributed by atoms with van der Waals surface area (Å²) in [5, 5.41) is 11.0. The molecule has 7 nitrogen and oxygen atoms in total. The molecular weight excluding hydrogens is 270 g/mol. The average molecular weight is 287 g/mol. The second kappa shape index (κ2) is 5.90. The molecule has 1 aliphatic heterocycles. The SMILES string of the molecule is O=C(CN1CCCC1=O)NCCc1nnc2ccccn12. The smallest absolute Gasteiger partial charge is 0.239 e. The van der Waals surface area contributed by atoms with Crippen molar-refractivity contribution in [3.8, 4) is 0 Å². The van der Waals surface area contributed by atoms with Gasteiger partial charge in [-0.15, -0.1) is 10.2 Å². The summed E-state index contributed by atoms with van der Waals surface area (Å²) in [5.74, 6) is 0.746. The van der Waals surface area contributed by atoms with Crippen LogP contribution in [-0.2, 0) is 16.0 Å². The Morgan fingerprint density at radius 3 is 3.05 bits per heavy atom. The van der Waals surface area contributed by atoms with Gasteiger partial charge < -0.3 is 10.2 Å². The maximum Gasteiger partial charge on any atom is 0.239 e. The number of hydrogen-bond acceptors (Lipinski definition) is 4. The number of pyridine rings is 1. The number of aromatic nitrogens is 3. The minimum absolute atomic E-state index is 0.0635. The fourth-order valence-corrected chi connectivity index (χ4v) is 2.48. The summed E-state index contributed by atoms with van der Waals surface area (Å²) in [5.41, 5.74) is 0.793. The van der Waals surface area contributed by atoms with Crippen molar-refractivity contribution in [3.05, 3.63) is 30.2 Å². The molecule has 1 aliphatic rings. The van der Waals surface area contributed by atoms with E-state index in [0.29, 0.717) is 25.9 Å². The first-order valence-electron chi connectivity index (χ1n) is 7.07. The fraction of sp³-hybridized carbons (Fsp3) is 0.429. The van der Waals surface area contributed by atoms with Crippen LogP contribution in [0, 0.1) is 0 Å². The summed E-state index contributed by atoms with van der Waals surface area (Å²) in [4.78, 5) is 24.8. The molecule has 0 saturated carbocycles. The minimum Gasteiger partial charge on any atom is -0.354 e. The molecule has 0 spiro atoms. The molecule has 2 aromatic heterocycles. The van der Waals surface area contributed by atoms with Crippen LogP contribution in [-0.4, -0.2) is 50.9 Å². The predicted octanol–water partition coefficient (Wildman–Crippen LogP) is 0.0104. The van der Waals surface area contributed by atoms with Crippen LogP contribution in [0.1, 0.15) is 18.7 Å². The van der Waals surface area contributed by atoms with Gasteiger partial charge >= 0.3 is 0 Å². The number of hydrogen-bond donors (Lipinski definition) is 1. The molecule has 2 amide bonds. The van der Waals surface area contributed by atoms with E-state index in [4.69, 9.17) is 0 Å². The second-order valence-electron chi connectivity index (χ2n) is 5.06. The molecule has 0 unspecified atom stereocenters. The third kappa shape index (κ3) is 3.01. The van der Waals surface area contributed by atoms with Crippen LogP contribution >= 0.6 is 0 Å². The monoisotopic (exact) mass is 287 g/mol. The summed E-state index contributed by atoms with van der Waals surface area (Å²) in [6, 6.07) is 5.70. The van der Waals surface area contributed by atoms with Crippen LogP contribution in [0.5, 0.6) is 0 Å². The zero-order valence-corrected chi connectivity index (χ0v) is 11.7. The van der Waals surface area contributed by atoms with Gasteiger partial charge in [0, 0.05) is 32.1 Å². The third-order valence-corrected chi connectivity index (χ3v) is 3.56. The molecule has 21 heavy (non-hydrogen) atoms. The summed E-state index contributed by atoms with van der Waals surface area (Å²) in [6.07, 6.45) is 3.90. The number of fused-ring (bicyclic) bond motifs is 1. The van der Waals surface area contributed by atoms with Crippen molar-refractivity contribution in [1.29, 1.82) is 0 Å². The van der Waals surface area contributed by atoms with E-state index in [1.54, 1.807) is 4.90 Å². The number of likely N-dealkylation sites (tertiary alicyclic amines) is 1. The fourth-order valence-electron chi connectivity index (χ4n) is 2.48. The van der Waals surface area contributed by atoms with Crippen molar-refractivity contribution in [2.45, 2.75) is 19.3 Å². The van der Waals surface area contributed by atoms with Gasteiger partial charge in [-0.3, -0.25) is 14.0 Å². The average Bonchev–Trinajstić information content (AvgIpc) is 3.07. The molecule has 7 heteroatoms. The van der Waals surface area contributed by atoms with Gasteiger partial charge in [-0.1, -0.05) is 6.07 Å². The highest BCUT2D eigenvalue weighted by Gasteiger charge is 2.22. The molecule has 0 atom stereocenters. The Bertz CT molecular complexity index is 666. The Labute approximate surface area is 122 Å². The number of carbonyl (C=O) groups is 2. The van der Waals surface area contributed by atoms with Crippen LogP contribution in [0.25, 0.3) is 5.65 Å².